The number of benzene rings is 1. The lowest BCUT2D eigenvalue weighted by atomic mass is 10.1. The number of amides is 1. The highest BCUT2D eigenvalue weighted by Crippen LogP contribution is 2.33. The standard InChI is InChI=1S/C21H26FN7OS/c1-2-29-21(28-10-5-6-13(23)9-11-28)16(12-25-29)26-19(30)17-18(24)31-20(27-17)14-7-3-4-8-15(14)22/h3-4,7-8,12-13H,2,5-6,9-11,23-24H2,1H3,(H,26,30)/t13-/m1/s1. The minimum Gasteiger partial charge on any atom is -0.389 e. The van der Waals surface area contributed by atoms with Crippen LogP contribution in [0.15, 0.2) is 30.5 Å². The predicted octanol–water partition coefficient (Wildman–Crippen LogP) is 3.32. The summed E-state index contributed by atoms with van der Waals surface area (Å²) in [5, 5.41) is 7.93. The van der Waals surface area contributed by atoms with Crippen molar-refractivity contribution in [3.05, 3.63) is 42.0 Å². The van der Waals surface area contributed by atoms with Crippen molar-refractivity contribution in [2.45, 2.75) is 38.8 Å². The fourth-order valence-electron chi connectivity index (χ4n) is 3.79. The molecule has 1 aromatic carbocycles. The molecule has 0 saturated carbocycles. The third-order valence-corrected chi connectivity index (χ3v) is 6.32. The molecule has 8 nitrogen and oxygen atoms in total. The van der Waals surface area contributed by atoms with Gasteiger partial charge in [-0.1, -0.05) is 23.5 Å². The number of carbonyl (C=O) groups excluding carboxylic acids is 1. The van der Waals surface area contributed by atoms with Gasteiger partial charge in [0.2, 0.25) is 0 Å². The number of nitrogen functional groups attached to an aromatic ring is 1. The van der Waals surface area contributed by atoms with Crippen LogP contribution >= 0.6 is 11.3 Å². The third kappa shape index (κ3) is 4.40. The number of carbonyl (C=O) groups is 1. The van der Waals surface area contributed by atoms with Crippen molar-refractivity contribution in [1.82, 2.24) is 14.8 Å². The van der Waals surface area contributed by atoms with E-state index in [1.165, 1.54) is 6.07 Å². The van der Waals surface area contributed by atoms with E-state index in [2.05, 4.69) is 20.3 Å². The smallest absolute Gasteiger partial charge is 0.277 e. The van der Waals surface area contributed by atoms with Crippen molar-refractivity contribution in [2.24, 2.45) is 5.73 Å². The Balaban J connectivity index is 1.60. The van der Waals surface area contributed by atoms with Gasteiger partial charge in [-0.3, -0.25) is 4.79 Å². The number of rotatable bonds is 5. The van der Waals surface area contributed by atoms with Gasteiger partial charge in [0.05, 0.1) is 6.20 Å². The molecule has 1 aliphatic heterocycles. The molecule has 1 aliphatic rings. The topological polar surface area (TPSA) is 115 Å². The van der Waals surface area contributed by atoms with E-state index in [0.29, 0.717) is 22.8 Å². The Hall–Kier alpha value is -2.98. The number of nitrogens with zero attached hydrogens (tertiary/aromatic N) is 4. The molecular weight excluding hydrogens is 417 g/mol. The average molecular weight is 444 g/mol. The molecule has 0 radical (unpaired) electrons. The highest BCUT2D eigenvalue weighted by molar-refractivity contribution is 7.19. The summed E-state index contributed by atoms with van der Waals surface area (Å²) in [6.45, 7) is 4.32. The van der Waals surface area contributed by atoms with Crippen molar-refractivity contribution in [3.8, 4) is 10.6 Å². The number of anilines is 3. The van der Waals surface area contributed by atoms with Gasteiger partial charge in [0.15, 0.2) is 11.5 Å². The van der Waals surface area contributed by atoms with Gasteiger partial charge in [-0.2, -0.15) is 5.10 Å². The van der Waals surface area contributed by atoms with Crippen LogP contribution in [0.3, 0.4) is 0 Å². The Morgan fingerprint density at radius 3 is 2.90 bits per heavy atom. The number of nitrogens with one attached hydrogen (secondary N) is 1. The van der Waals surface area contributed by atoms with Crippen LogP contribution in [0.25, 0.3) is 10.6 Å². The first-order valence-electron chi connectivity index (χ1n) is 10.4. The normalized spacial score (nSPS) is 16.9. The first-order valence-corrected chi connectivity index (χ1v) is 11.2. The molecule has 0 aliphatic carbocycles. The highest BCUT2D eigenvalue weighted by atomic mass is 32.1. The molecule has 2 aromatic heterocycles. The van der Waals surface area contributed by atoms with Crippen LogP contribution in [0.4, 0.5) is 20.9 Å². The molecule has 10 heteroatoms. The Morgan fingerprint density at radius 1 is 1.32 bits per heavy atom. The summed E-state index contributed by atoms with van der Waals surface area (Å²) in [6.07, 6.45) is 4.48. The van der Waals surface area contributed by atoms with Crippen molar-refractivity contribution in [3.63, 3.8) is 0 Å². The lowest BCUT2D eigenvalue weighted by Gasteiger charge is -2.24. The maximum absolute atomic E-state index is 14.1. The quantitative estimate of drug-likeness (QED) is 0.557. The molecule has 164 valence electrons. The van der Waals surface area contributed by atoms with E-state index in [-0.39, 0.29) is 16.7 Å². The number of halogens is 1. The van der Waals surface area contributed by atoms with Crippen molar-refractivity contribution < 1.29 is 9.18 Å². The van der Waals surface area contributed by atoms with E-state index < -0.39 is 11.7 Å². The number of aryl methyl sites for hydroxylation is 1. The largest absolute Gasteiger partial charge is 0.389 e. The van der Waals surface area contributed by atoms with Crippen LogP contribution in [0.5, 0.6) is 0 Å². The maximum Gasteiger partial charge on any atom is 0.277 e. The van der Waals surface area contributed by atoms with Gasteiger partial charge in [-0.25, -0.2) is 14.1 Å². The zero-order valence-electron chi connectivity index (χ0n) is 17.3. The van der Waals surface area contributed by atoms with Crippen LogP contribution in [0.2, 0.25) is 0 Å². The van der Waals surface area contributed by atoms with Crippen molar-refractivity contribution >= 4 is 33.8 Å². The molecule has 1 saturated heterocycles. The molecule has 3 aromatic rings. The number of hydrogen-bond acceptors (Lipinski definition) is 7. The summed E-state index contributed by atoms with van der Waals surface area (Å²) >= 11 is 1.09. The van der Waals surface area contributed by atoms with E-state index in [1.54, 1.807) is 24.4 Å². The zero-order valence-corrected chi connectivity index (χ0v) is 18.2. The van der Waals surface area contributed by atoms with Crippen LogP contribution < -0.4 is 21.7 Å². The predicted molar refractivity (Wildman–Crippen MR) is 122 cm³/mol. The molecule has 0 spiro atoms. The second kappa shape index (κ2) is 9.03. The van der Waals surface area contributed by atoms with Crippen LogP contribution in [-0.4, -0.2) is 39.8 Å². The lowest BCUT2D eigenvalue weighted by molar-refractivity contribution is 0.102. The number of aromatic nitrogens is 3. The van der Waals surface area contributed by atoms with E-state index in [0.717, 1.165) is 49.5 Å². The zero-order chi connectivity index (χ0) is 22.0. The van der Waals surface area contributed by atoms with Crippen molar-refractivity contribution in [2.75, 3.05) is 29.0 Å². The SMILES string of the molecule is CCn1ncc(NC(=O)c2nc(-c3ccccc3F)sc2N)c1N1CCC[C@@H](N)CC1. The summed E-state index contributed by atoms with van der Waals surface area (Å²) in [4.78, 5) is 19.5. The Morgan fingerprint density at radius 2 is 2.13 bits per heavy atom. The second-order valence-electron chi connectivity index (χ2n) is 7.54. The molecule has 3 heterocycles. The summed E-state index contributed by atoms with van der Waals surface area (Å²) in [5.74, 6) is 0.00179. The monoisotopic (exact) mass is 443 g/mol. The molecule has 5 N–H and O–H groups in total. The third-order valence-electron chi connectivity index (χ3n) is 5.40. The summed E-state index contributed by atoms with van der Waals surface area (Å²) in [6, 6.07) is 6.47. The molecule has 4 rings (SSSR count). The number of nitrogens with two attached hydrogens (primary N) is 2. The molecule has 0 unspecified atom stereocenters. The number of thiazole rings is 1. The fraction of sp³-hybridized carbons (Fsp3) is 0.381. The Labute approximate surface area is 184 Å². The molecule has 1 amide bonds. The Kier molecular flexibility index (Phi) is 6.19. The minimum absolute atomic E-state index is 0.0799. The second-order valence-corrected chi connectivity index (χ2v) is 8.57. The highest BCUT2D eigenvalue weighted by Gasteiger charge is 2.24. The molecule has 31 heavy (non-hydrogen) atoms. The summed E-state index contributed by atoms with van der Waals surface area (Å²) in [7, 11) is 0. The van der Waals surface area contributed by atoms with Gasteiger partial charge in [-0.05, 0) is 38.3 Å². The van der Waals surface area contributed by atoms with Gasteiger partial charge in [-0.15, -0.1) is 0 Å². The van der Waals surface area contributed by atoms with Gasteiger partial charge >= 0.3 is 0 Å². The Bertz CT molecular complexity index is 1080. The van der Waals surface area contributed by atoms with E-state index >= 15 is 0 Å². The van der Waals surface area contributed by atoms with Crippen LogP contribution in [0, 0.1) is 5.82 Å². The van der Waals surface area contributed by atoms with E-state index in [9.17, 15) is 9.18 Å². The molecule has 1 atom stereocenters. The van der Waals surface area contributed by atoms with Crippen LogP contribution in [0.1, 0.15) is 36.7 Å². The summed E-state index contributed by atoms with van der Waals surface area (Å²) < 4.78 is 16.0. The lowest BCUT2D eigenvalue weighted by Crippen LogP contribution is -2.29. The van der Waals surface area contributed by atoms with Crippen LogP contribution in [-0.2, 0) is 6.54 Å². The first kappa shape index (κ1) is 21.3. The first-order chi connectivity index (χ1) is 15.0. The van der Waals surface area contributed by atoms with E-state index in [4.69, 9.17) is 11.5 Å². The van der Waals surface area contributed by atoms with Crippen molar-refractivity contribution in [1.29, 1.82) is 0 Å². The summed E-state index contributed by atoms with van der Waals surface area (Å²) in [5.41, 5.74) is 13.2. The molecular formula is C21H26FN7OS. The van der Waals surface area contributed by atoms with Gasteiger partial charge in [0.25, 0.3) is 5.91 Å². The minimum atomic E-state index is -0.445. The fourth-order valence-corrected chi connectivity index (χ4v) is 4.65. The average Bonchev–Trinajstić information content (AvgIpc) is 3.27. The van der Waals surface area contributed by atoms with Gasteiger partial charge < -0.3 is 21.7 Å². The number of hydrogen-bond donors (Lipinski definition) is 3. The van der Waals surface area contributed by atoms with Gasteiger partial charge in [0, 0.05) is 31.2 Å². The van der Waals surface area contributed by atoms with E-state index in [1.807, 2.05) is 11.6 Å². The van der Waals surface area contributed by atoms with Gasteiger partial charge in [0.1, 0.15) is 21.5 Å². The maximum atomic E-state index is 14.1. The molecule has 0 bridgehead atoms. The molecule has 1 fully saturated rings.